The topological polar surface area (TPSA) is 108 Å². The van der Waals surface area contributed by atoms with Gasteiger partial charge in [0.25, 0.3) is 0 Å². The van der Waals surface area contributed by atoms with Crippen LogP contribution in [-0.4, -0.2) is 55.8 Å². The smallest absolute Gasteiger partial charge is 0.167 e. The highest BCUT2D eigenvalue weighted by atomic mass is 32.1. The molecule has 0 aromatic carbocycles. The standard InChI is InChI=1S/C13H19N5O3S/c1-3-7-17-8-11(14)15-5-16-12(8)18(7)13-10(20-2)9(19)6(4-22)21-13/h5-6,9-10,13,19,22H,3-4H2,1-2H3,(H2,14,15,16)/t6-,9-,10-,13-/m1/s1. The van der Waals surface area contributed by atoms with Crippen molar-refractivity contribution in [3.63, 3.8) is 0 Å². The Morgan fingerprint density at radius 1 is 1.50 bits per heavy atom. The van der Waals surface area contributed by atoms with Crippen molar-refractivity contribution in [2.24, 2.45) is 0 Å². The van der Waals surface area contributed by atoms with Crippen LogP contribution < -0.4 is 5.73 Å². The van der Waals surface area contributed by atoms with E-state index in [0.717, 1.165) is 5.82 Å². The summed E-state index contributed by atoms with van der Waals surface area (Å²) in [5.74, 6) is 1.46. The number of ether oxygens (including phenoxy) is 2. The summed E-state index contributed by atoms with van der Waals surface area (Å²) in [6.45, 7) is 1.98. The summed E-state index contributed by atoms with van der Waals surface area (Å²) in [4.78, 5) is 12.7. The molecule has 0 unspecified atom stereocenters. The zero-order valence-electron chi connectivity index (χ0n) is 12.4. The summed E-state index contributed by atoms with van der Waals surface area (Å²) >= 11 is 4.22. The zero-order chi connectivity index (χ0) is 15.9. The number of hydrogen-bond acceptors (Lipinski definition) is 8. The molecule has 1 fully saturated rings. The van der Waals surface area contributed by atoms with E-state index in [1.165, 1.54) is 6.33 Å². The maximum atomic E-state index is 10.3. The molecule has 22 heavy (non-hydrogen) atoms. The number of hydrogen-bond donors (Lipinski definition) is 3. The first-order chi connectivity index (χ1) is 10.6. The molecule has 3 rings (SSSR count). The Kier molecular flexibility index (Phi) is 4.22. The van der Waals surface area contributed by atoms with E-state index in [4.69, 9.17) is 15.2 Å². The maximum Gasteiger partial charge on any atom is 0.167 e. The van der Waals surface area contributed by atoms with Gasteiger partial charge >= 0.3 is 0 Å². The van der Waals surface area contributed by atoms with E-state index >= 15 is 0 Å². The fraction of sp³-hybridized carbons (Fsp3) is 0.615. The van der Waals surface area contributed by atoms with Crippen LogP contribution in [0.1, 0.15) is 19.0 Å². The molecule has 120 valence electrons. The summed E-state index contributed by atoms with van der Waals surface area (Å²) in [5, 5.41) is 10.3. The van der Waals surface area contributed by atoms with Crippen molar-refractivity contribution in [3.8, 4) is 0 Å². The van der Waals surface area contributed by atoms with Gasteiger partial charge in [-0.05, 0) is 0 Å². The number of aliphatic hydroxyl groups is 1. The number of methoxy groups -OCH3 is 1. The number of anilines is 1. The van der Waals surface area contributed by atoms with Gasteiger partial charge in [0.05, 0.1) is 6.10 Å². The van der Waals surface area contributed by atoms with Gasteiger partial charge in [0.2, 0.25) is 0 Å². The van der Waals surface area contributed by atoms with Gasteiger partial charge in [-0.1, -0.05) is 6.92 Å². The second-order valence-corrected chi connectivity index (χ2v) is 5.49. The van der Waals surface area contributed by atoms with Crippen LogP contribution in [0.25, 0.3) is 11.2 Å². The van der Waals surface area contributed by atoms with Crippen molar-refractivity contribution in [1.82, 2.24) is 19.5 Å². The summed E-state index contributed by atoms with van der Waals surface area (Å²) in [6.07, 6.45) is -0.206. The van der Waals surface area contributed by atoms with E-state index in [-0.39, 0.29) is 0 Å². The van der Waals surface area contributed by atoms with Crippen LogP contribution in [0, 0.1) is 0 Å². The molecule has 1 saturated heterocycles. The third kappa shape index (κ3) is 2.24. The van der Waals surface area contributed by atoms with Gasteiger partial charge in [-0.15, -0.1) is 0 Å². The number of aliphatic hydroxyl groups excluding tert-OH is 1. The Morgan fingerprint density at radius 2 is 2.27 bits per heavy atom. The van der Waals surface area contributed by atoms with Crippen LogP contribution in [-0.2, 0) is 15.9 Å². The van der Waals surface area contributed by atoms with Crippen LogP contribution in [0.4, 0.5) is 5.82 Å². The Hall–Kier alpha value is -1.42. The molecule has 4 atom stereocenters. The molecule has 1 aliphatic rings. The van der Waals surface area contributed by atoms with E-state index in [9.17, 15) is 5.11 Å². The summed E-state index contributed by atoms with van der Waals surface area (Å²) in [5.41, 5.74) is 6.98. The minimum absolute atomic E-state index is 0.316. The first-order valence-corrected chi connectivity index (χ1v) is 7.70. The highest BCUT2D eigenvalue weighted by Gasteiger charge is 2.45. The van der Waals surface area contributed by atoms with Gasteiger partial charge < -0.3 is 20.3 Å². The van der Waals surface area contributed by atoms with E-state index in [0.29, 0.717) is 29.2 Å². The first kappa shape index (κ1) is 15.5. The number of aryl methyl sites for hydroxylation is 1. The highest BCUT2D eigenvalue weighted by molar-refractivity contribution is 7.80. The normalized spacial score (nSPS) is 28.5. The second kappa shape index (κ2) is 5.99. The lowest BCUT2D eigenvalue weighted by molar-refractivity contribution is -0.0479. The molecule has 2 aromatic heterocycles. The molecule has 0 bridgehead atoms. The van der Waals surface area contributed by atoms with Crippen LogP contribution in [0.15, 0.2) is 6.33 Å². The van der Waals surface area contributed by atoms with Gasteiger partial charge in [-0.25, -0.2) is 15.0 Å². The number of rotatable bonds is 4. The minimum atomic E-state index is -0.770. The lowest BCUT2D eigenvalue weighted by Gasteiger charge is -2.21. The molecule has 0 radical (unpaired) electrons. The number of nitrogen functional groups attached to an aromatic ring is 1. The van der Waals surface area contributed by atoms with Gasteiger partial charge in [0, 0.05) is 19.3 Å². The fourth-order valence-corrected chi connectivity index (χ4v) is 3.12. The van der Waals surface area contributed by atoms with Gasteiger partial charge in [-0.3, -0.25) is 4.57 Å². The quantitative estimate of drug-likeness (QED) is 0.688. The van der Waals surface area contributed by atoms with Crippen LogP contribution in [0.5, 0.6) is 0 Å². The number of imidazole rings is 1. The molecule has 3 heterocycles. The Labute approximate surface area is 133 Å². The summed E-state index contributed by atoms with van der Waals surface area (Å²) < 4.78 is 13.2. The number of thiol groups is 1. The summed E-state index contributed by atoms with van der Waals surface area (Å²) in [7, 11) is 1.54. The SMILES string of the molecule is CCc1nc2c(N)ncnc2n1[C@@H]1O[C@H](CS)[C@@H](O)[C@H]1OC. The average Bonchev–Trinajstić information content (AvgIpc) is 3.05. The van der Waals surface area contributed by atoms with Gasteiger partial charge in [0.1, 0.15) is 24.4 Å². The molecule has 1 aliphatic heterocycles. The van der Waals surface area contributed by atoms with Crippen molar-refractivity contribution in [2.45, 2.75) is 37.9 Å². The van der Waals surface area contributed by atoms with E-state index < -0.39 is 24.5 Å². The molecular formula is C13H19N5O3S. The number of nitrogens with zero attached hydrogens (tertiary/aromatic N) is 4. The predicted molar refractivity (Wildman–Crippen MR) is 83.7 cm³/mol. The van der Waals surface area contributed by atoms with Crippen LogP contribution >= 0.6 is 12.6 Å². The van der Waals surface area contributed by atoms with E-state index in [2.05, 4.69) is 27.6 Å². The lowest BCUT2D eigenvalue weighted by Crippen LogP contribution is -2.34. The molecule has 0 spiro atoms. The molecule has 0 amide bonds. The number of fused-ring (bicyclic) bond motifs is 1. The third-order valence-corrected chi connectivity index (χ3v) is 4.27. The van der Waals surface area contributed by atoms with Gasteiger partial charge in [-0.2, -0.15) is 12.6 Å². The fourth-order valence-electron chi connectivity index (χ4n) is 2.82. The average molecular weight is 325 g/mol. The van der Waals surface area contributed by atoms with Crippen LogP contribution in [0.2, 0.25) is 0 Å². The maximum absolute atomic E-state index is 10.3. The van der Waals surface area contributed by atoms with Crippen LogP contribution in [0.3, 0.4) is 0 Å². The van der Waals surface area contributed by atoms with Crippen molar-refractivity contribution < 1.29 is 14.6 Å². The molecule has 2 aromatic rings. The zero-order valence-corrected chi connectivity index (χ0v) is 13.3. The first-order valence-electron chi connectivity index (χ1n) is 7.06. The Morgan fingerprint density at radius 3 is 2.91 bits per heavy atom. The molecule has 3 N–H and O–H groups in total. The second-order valence-electron chi connectivity index (χ2n) is 5.12. The van der Waals surface area contributed by atoms with E-state index in [1.807, 2.05) is 11.5 Å². The Bertz CT molecular complexity index is 679. The third-order valence-electron chi connectivity index (χ3n) is 3.91. The van der Waals surface area contributed by atoms with E-state index in [1.54, 1.807) is 7.11 Å². The Balaban J connectivity index is 2.14. The predicted octanol–water partition coefficient (Wildman–Crippen LogP) is 0.174. The molecule has 0 saturated carbocycles. The molecule has 0 aliphatic carbocycles. The van der Waals surface area contributed by atoms with Crippen molar-refractivity contribution >= 4 is 29.6 Å². The lowest BCUT2D eigenvalue weighted by atomic mass is 10.1. The van der Waals surface area contributed by atoms with Gasteiger partial charge in [0.15, 0.2) is 23.2 Å². The summed E-state index contributed by atoms with van der Waals surface area (Å²) in [6, 6.07) is 0. The monoisotopic (exact) mass is 325 g/mol. The van der Waals surface area contributed by atoms with Crippen molar-refractivity contribution in [2.75, 3.05) is 18.6 Å². The molecule has 9 heteroatoms. The minimum Gasteiger partial charge on any atom is -0.387 e. The molecule has 8 nitrogen and oxygen atoms in total. The molecular weight excluding hydrogens is 306 g/mol. The largest absolute Gasteiger partial charge is 0.387 e. The number of nitrogens with two attached hydrogens (primary N) is 1. The highest BCUT2D eigenvalue weighted by Crippen LogP contribution is 2.35. The van der Waals surface area contributed by atoms with Crippen molar-refractivity contribution in [1.29, 1.82) is 0 Å². The van der Waals surface area contributed by atoms with Crippen molar-refractivity contribution in [3.05, 3.63) is 12.2 Å². The number of aromatic nitrogens is 4.